The fraction of sp³-hybridized carbons (Fsp3) is 0.250. The van der Waals surface area contributed by atoms with Gasteiger partial charge in [0.2, 0.25) is 0 Å². The number of carbonyl (C=O) groups excluding carboxylic acids is 1. The van der Waals surface area contributed by atoms with E-state index in [1.165, 1.54) is 6.20 Å². The van der Waals surface area contributed by atoms with Gasteiger partial charge in [0.1, 0.15) is 0 Å². The van der Waals surface area contributed by atoms with E-state index in [-0.39, 0.29) is 27.0 Å². The van der Waals surface area contributed by atoms with Crippen LogP contribution in [0.1, 0.15) is 16.1 Å². The number of pyridine rings is 1. The lowest BCUT2D eigenvalue weighted by atomic mass is 10.2. The van der Waals surface area contributed by atoms with E-state index in [2.05, 4.69) is 9.72 Å². The molecule has 16 heavy (non-hydrogen) atoms. The summed E-state index contributed by atoms with van der Waals surface area (Å²) in [6.07, 6.45) is -3.35. The van der Waals surface area contributed by atoms with Crippen LogP contribution in [-0.2, 0) is 5.88 Å². The maximum atomic E-state index is 12.1. The van der Waals surface area contributed by atoms with Gasteiger partial charge in [-0.3, -0.25) is 9.78 Å². The molecule has 0 unspecified atom stereocenters. The Morgan fingerprint density at radius 1 is 1.56 bits per heavy atom. The van der Waals surface area contributed by atoms with E-state index in [0.29, 0.717) is 0 Å². The van der Waals surface area contributed by atoms with Crippen LogP contribution in [0.2, 0.25) is 0 Å². The van der Waals surface area contributed by atoms with Gasteiger partial charge in [0.25, 0.3) is 0 Å². The zero-order chi connectivity index (χ0) is 12.3. The summed E-state index contributed by atoms with van der Waals surface area (Å²) in [7, 11) is 0. The minimum Gasteiger partial charge on any atom is -0.403 e. The number of aldehydes is 1. The third-order valence-corrected chi connectivity index (χ3v) is 2.67. The van der Waals surface area contributed by atoms with Crippen molar-refractivity contribution in [2.75, 3.05) is 0 Å². The van der Waals surface area contributed by atoms with Gasteiger partial charge in [0, 0.05) is 9.77 Å². The van der Waals surface area contributed by atoms with Crippen LogP contribution in [0, 0.1) is 3.57 Å². The minimum absolute atomic E-state index is 0.124. The van der Waals surface area contributed by atoms with Crippen LogP contribution in [0.5, 0.6) is 5.75 Å². The van der Waals surface area contributed by atoms with Gasteiger partial charge in [-0.25, -0.2) is 0 Å². The molecule has 0 bridgehead atoms. The predicted molar refractivity (Wildman–Crippen MR) is 58.6 cm³/mol. The molecule has 1 aromatic heterocycles. The van der Waals surface area contributed by atoms with E-state index < -0.39 is 12.1 Å². The van der Waals surface area contributed by atoms with Crippen LogP contribution in [0.15, 0.2) is 6.20 Å². The van der Waals surface area contributed by atoms with Gasteiger partial charge >= 0.3 is 6.36 Å². The molecular formula is C8H4ClF3INO2. The fourth-order valence-electron chi connectivity index (χ4n) is 0.961. The van der Waals surface area contributed by atoms with Crippen molar-refractivity contribution < 1.29 is 22.7 Å². The molecule has 1 heterocycles. The first kappa shape index (κ1) is 13.5. The van der Waals surface area contributed by atoms with Gasteiger partial charge in [0.05, 0.1) is 17.1 Å². The Morgan fingerprint density at radius 2 is 2.19 bits per heavy atom. The monoisotopic (exact) mass is 365 g/mol. The predicted octanol–water partition coefficient (Wildman–Crippen LogP) is 3.14. The van der Waals surface area contributed by atoms with Crippen LogP contribution in [0.3, 0.4) is 0 Å². The second kappa shape index (κ2) is 5.17. The highest BCUT2D eigenvalue weighted by Crippen LogP contribution is 2.31. The van der Waals surface area contributed by atoms with Gasteiger partial charge in [0.15, 0.2) is 12.0 Å². The van der Waals surface area contributed by atoms with Crippen molar-refractivity contribution >= 4 is 40.5 Å². The summed E-state index contributed by atoms with van der Waals surface area (Å²) in [6.45, 7) is 0. The summed E-state index contributed by atoms with van der Waals surface area (Å²) in [5, 5.41) is 0. The lowest BCUT2D eigenvalue weighted by molar-refractivity contribution is -0.275. The highest BCUT2D eigenvalue weighted by atomic mass is 127. The summed E-state index contributed by atoms with van der Waals surface area (Å²) in [4.78, 5) is 14.3. The summed E-state index contributed by atoms with van der Waals surface area (Å²) in [5.41, 5.74) is -0.329. The Bertz CT molecular complexity index is 411. The largest absolute Gasteiger partial charge is 0.573 e. The quantitative estimate of drug-likeness (QED) is 0.469. The van der Waals surface area contributed by atoms with Crippen LogP contribution in [0.25, 0.3) is 0 Å². The molecule has 1 rings (SSSR count). The molecule has 0 N–H and O–H groups in total. The van der Waals surface area contributed by atoms with Crippen molar-refractivity contribution in [3.63, 3.8) is 0 Å². The molecule has 0 atom stereocenters. The molecule has 0 aliphatic rings. The number of hydrogen-bond acceptors (Lipinski definition) is 3. The number of alkyl halides is 4. The standard InChI is InChI=1S/C8H4ClF3INO2/c9-1-6-7(16-8(10,11)12)4(3-15)5(13)2-14-6/h2-3H,1H2. The molecule has 0 fully saturated rings. The van der Waals surface area contributed by atoms with Crippen molar-refractivity contribution in [1.82, 2.24) is 4.98 Å². The normalized spacial score (nSPS) is 11.3. The summed E-state index contributed by atoms with van der Waals surface area (Å²) in [5.74, 6) is -0.909. The van der Waals surface area contributed by atoms with Crippen LogP contribution >= 0.6 is 34.2 Å². The maximum absolute atomic E-state index is 12.1. The lowest BCUT2D eigenvalue weighted by Crippen LogP contribution is -2.20. The lowest BCUT2D eigenvalue weighted by Gasteiger charge is -2.13. The van der Waals surface area contributed by atoms with Gasteiger partial charge in [-0.15, -0.1) is 24.8 Å². The molecule has 3 nitrogen and oxygen atoms in total. The number of hydrogen-bond donors (Lipinski definition) is 0. The van der Waals surface area contributed by atoms with Gasteiger partial charge < -0.3 is 4.74 Å². The second-order valence-corrected chi connectivity index (χ2v) is 4.02. The smallest absolute Gasteiger partial charge is 0.403 e. The first-order chi connectivity index (χ1) is 7.39. The molecule has 0 aromatic carbocycles. The van der Waals surface area contributed by atoms with E-state index in [9.17, 15) is 18.0 Å². The summed E-state index contributed by atoms with van der Waals surface area (Å²) in [6, 6.07) is 0. The van der Waals surface area contributed by atoms with Crippen molar-refractivity contribution in [3.8, 4) is 5.75 Å². The maximum Gasteiger partial charge on any atom is 0.573 e. The van der Waals surface area contributed by atoms with Crippen LogP contribution < -0.4 is 4.74 Å². The Labute approximate surface area is 107 Å². The fourth-order valence-corrected chi connectivity index (χ4v) is 1.66. The van der Waals surface area contributed by atoms with Crippen molar-refractivity contribution in [2.45, 2.75) is 12.2 Å². The first-order valence-corrected chi connectivity index (χ1v) is 5.44. The second-order valence-electron chi connectivity index (χ2n) is 2.59. The Hall–Kier alpha value is -0.570. The van der Waals surface area contributed by atoms with Crippen molar-refractivity contribution in [1.29, 1.82) is 0 Å². The average Bonchev–Trinajstić information content (AvgIpc) is 2.16. The van der Waals surface area contributed by atoms with Gasteiger partial charge in [-0.1, -0.05) is 0 Å². The molecule has 0 saturated carbocycles. The topological polar surface area (TPSA) is 39.2 Å². The number of rotatable bonds is 3. The van der Waals surface area contributed by atoms with E-state index >= 15 is 0 Å². The molecular weight excluding hydrogens is 361 g/mol. The highest BCUT2D eigenvalue weighted by Gasteiger charge is 2.34. The molecule has 0 saturated heterocycles. The molecule has 0 spiro atoms. The average molecular weight is 365 g/mol. The molecule has 0 amide bonds. The third-order valence-electron chi connectivity index (χ3n) is 1.56. The van der Waals surface area contributed by atoms with E-state index in [0.717, 1.165) is 0 Å². The number of nitrogens with zero attached hydrogens (tertiary/aromatic N) is 1. The van der Waals surface area contributed by atoms with Crippen molar-refractivity contribution in [2.24, 2.45) is 0 Å². The molecule has 88 valence electrons. The minimum atomic E-state index is -4.88. The number of carbonyl (C=O) groups is 1. The van der Waals surface area contributed by atoms with E-state index in [4.69, 9.17) is 11.6 Å². The van der Waals surface area contributed by atoms with Crippen LogP contribution in [-0.4, -0.2) is 17.6 Å². The van der Waals surface area contributed by atoms with Crippen molar-refractivity contribution in [3.05, 3.63) is 21.0 Å². The Kier molecular flexibility index (Phi) is 4.36. The molecule has 1 aromatic rings. The Balaban J connectivity index is 3.31. The number of ether oxygens (including phenoxy) is 1. The molecule has 0 radical (unpaired) electrons. The molecule has 0 aliphatic carbocycles. The third kappa shape index (κ3) is 3.21. The first-order valence-electron chi connectivity index (χ1n) is 3.83. The number of halogens is 5. The zero-order valence-electron chi connectivity index (χ0n) is 7.52. The highest BCUT2D eigenvalue weighted by molar-refractivity contribution is 14.1. The van der Waals surface area contributed by atoms with Gasteiger partial charge in [-0.05, 0) is 22.6 Å². The Morgan fingerprint density at radius 3 is 2.62 bits per heavy atom. The summed E-state index contributed by atoms with van der Waals surface area (Å²) >= 11 is 7.10. The number of aromatic nitrogens is 1. The van der Waals surface area contributed by atoms with Crippen LogP contribution in [0.4, 0.5) is 13.2 Å². The van der Waals surface area contributed by atoms with E-state index in [1.807, 2.05) is 0 Å². The molecule has 0 aliphatic heterocycles. The summed E-state index contributed by atoms with van der Waals surface area (Å²) < 4.78 is 40.3. The SMILES string of the molecule is O=Cc1c(I)cnc(CCl)c1OC(F)(F)F. The molecule has 8 heteroatoms. The van der Waals surface area contributed by atoms with Gasteiger partial charge in [-0.2, -0.15) is 0 Å². The zero-order valence-corrected chi connectivity index (χ0v) is 10.4. The van der Waals surface area contributed by atoms with E-state index in [1.54, 1.807) is 22.6 Å².